The fourth-order valence-corrected chi connectivity index (χ4v) is 2.75. The monoisotopic (exact) mass is 375 g/mol. The van der Waals surface area contributed by atoms with Gasteiger partial charge in [0.05, 0.1) is 13.1 Å². The molecule has 4 nitrogen and oxygen atoms in total. The molecular weight excluding hydrogens is 355 g/mol. The molecule has 1 heterocycles. The molecule has 0 saturated carbocycles. The molecule has 1 fully saturated rings. The maximum atomic E-state index is 11.9. The molecule has 5 heteroatoms. The lowest BCUT2D eigenvalue weighted by molar-refractivity contribution is -0.902. The van der Waals surface area contributed by atoms with Crippen molar-refractivity contribution in [3.63, 3.8) is 0 Å². The number of alkyl halides is 1. The maximum Gasteiger partial charge on any atom is 0.323 e. The lowest BCUT2D eigenvalue weighted by Crippen LogP contribution is -3.15. The van der Waals surface area contributed by atoms with E-state index in [9.17, 15) is 4.79 Å². The number of carbonyl (C=O) groups is 1. The summed E-state index contributed by atoms with van der Waals surface area (Å²) in [7, 11) is 0. The number of carbonyl (C=O) groups excluding carboxylic acids is 1. The molecule has 2 rings (SSSR count). The third-order valence-electron chi connectivity index (χ3n) is 3.31. The van der Waals surface area contributed by atoms with Gasteiger partial charge in [-0.25, -0.2) is 0 Å². The van der Waals surface area contributed by atoms with Gasteiger partial charge in [-0.2, -0.15) is 0 Å². The second-order valence-electron chi connectivity index (χ2n) is 4.69. The van der Waals surface area contributed by atoms with Crippen molar-refractivity contribution in [2.24, 2.45) is 0 Å². The third-order valence-corrected chi connectivity index (χ3v) is 4.54. The van der Waals surface area contributed by atoms with E-state index in [0.29, 0.717) is 6.61 Å². The highest BCUT2D eigenvalue weighted by Crippen LogP contribution is 2.24. The summed E-state index contributed by atoms with van der Waals surface area (Å²) in [6.45, 7) is 5.77. The maximum absolute atomic E-state index is 11.9. The smallest absolute Gasteiger partial charge is 0.323 e. The minimum atomic E-state index is -0.211. The van der Waals surface area contributed by atoms with E-state index in [1.54, 1.807) is 0 Å². The van der Waals surface area contributed by atoms with E-state index in [2.05, 4.69) is 27.9 Å². The molecular formula is C14H20IN2O2+. The van der Waals surface area contributed by atoms with Crippen LogP contribution in [0.5, 0.6) is 0 Å². The molecule has 1 atom stereocenters. The van der Waals surface area contributed by atoms with Gasteiger partial charge in [-0.05, 0) is 5.56 Å². The van der Waals surface area contributed by atoms with E-state index in [1.807, 2.05) is 30.3 Å². The highest BCUT2D eigenvalue weighted by atomic mass is 127. The number of piperazine rings is 1. The first-order chi connectivity index (χ1) is 9.27. The van der Waals surface area contributed by atoms with Crippen LogP contribution < -0.4 is 10.2 Å². The van der Waals surface area contributed by atoms with Crippen molar-refractivity contribution >= 4 is 28.6 Å². The van der Waals surface area contributed by atoms with Crippen LogP contribution in [0.3, 0.4) is 0 Å². The van der Waals surface area contributed by atoms with Crippen molar-refractivity contribution in [3.05, 3.63) is 35.9 Å². The molecule has 104 valence electrons. The molecule has 1 saturated heterocycles. The van der Waals surface area contributed by atoms with E-state index in [4.69, 9.17) is 4.74 Å². The molecule has 0 radical (unpaired) electrons. The van der Waals surface area contributed by atoms with E-state index >= 15 is 0 Å². The SMILES string of the molecule is O=C(OCC[NH+]1CCNCC1)C(I)c1ccccc1. The summed E-state index contributed by atoms with van der Waals surface area (Å²) < 4.78 is 5.16. The molecule has 0 aromatic heterocycles. The zero-order chi connectivity index (χ0) is 13.5. The number of hydrogen-bond acceptors (Lipinski definition) is 3. The minimum absolute atomic E-state index is 0.138. The average Bonchev–Trinajstić information content (AvgIpc) is 2.48. The van der Waals surface area contributed by atoms with Gasteiger partial charge in [0.2, 0.25) is 0 Å². The summed E-state index contributed by atoms with van der Waals surface area (Å²) >= 11 is 2.14. The van der Waals surface area contributed by atoms with E-state index in [-0.39, 0.29) is 9.89 Å². The average molecular weight is 375 g/mol. The van der Waals surface area contributed by atoms with Gasteiger partial charge >= 0.3 is 5.97 Å². The zero-order valence-corrected chi connectivity index (χ0v) is 13.1. The normalized spacial score (nSPS) is 17.9. The molecule has 19 heavy (non-hydrogen) atoms. The highest BCUT2D eigenvalue weighted by molar-refractivity contribution is 14.1. The van der Waals surface area contributed by atoms with E-state index in [1.165, 1.54) is 4.90 Å². The standard InChI is InChI=1S/C14H19IN2O2/c15-13(12-4-2-1-3-5-12)14(18)19-11-10-17-8-6-16-7-9-17/h1-5,13,16H,6-11H2/p+1. The molecule has 1 aliphatic rings. The molecule has 0 bridgehead atoms. The molecule has 0 aliphatic carbocycles. The first-order valence-corrected chi connectivity index (χ1v) is 7.92. The molecule has 0 amide bonds. The van der Waals surface area contributed by atoms with Crippen LogP contribution in [0.1, 0.15) is 9.49 Å². The lowest BCUT2D eigenvalue weighted by atomic mass is 10.2. The van der Waals surface area contributed by atoms with Crippen LogP contribution in [0.4, 0.5) is 0 Å². The van der Waals surface area contributed by atoms with Crippen LogP contribution in [0, 0.1) is 0 Å². The summed E-state index contributed by atoms with van der Waals surface area (Å²) in [6.07, 6.45) is 0. The Hall–Kier alpha value is -0.660. The number of rotatable bonds is 5. The van der Waals surface area contributed by atoms with Gasteiger partial charge in [0.15, 0.2) is 0 Å². The topological polar surface area (TPSA) is 42.8 Å². The fourth-order valence-electron chi connectivity index (χ4n) is 2.16. The van der Waals surface area contributed by atoms with Crippen LogP contribution in [0.2, 0.25) is 0 Å². The van der Waals surface area contributed by atoms with Crippen molar-refractivity contribution in [2.75, 3.05) is 39.3 Å². The summed E-state index contributed by atoms with van der Waals surface area (Å²) in [5.74, 6) is -0.138. The number of quaternary nitrogens is 1. The number of hydrogen-bond donors (Lipinski definition) is 2. The molecule has 2 N–H and O–H groups in total. The van der Waals surface area contributed by atoms with Gasteiger partial charge in [0, 0.05) is 13.1 Å². The second-order valence-corrected chi connectivity index (χ2v) is 5.94. The van der Waals surface area contributed by atoms with Crippen molar-refractivity contribution in [1.82, 2.24) is 5.32 Å². The quantitative estimate of drug-likeness (QED) is 0.439. The molecule has 1 aliphatic heterocycles. The first kappa shape index (κ1) is 14.7. The summed E-state index contributed by atoms with van der Waals surface area (Å²) in [4.78, 5) is 13.4. The van der Waals surface area contributed by atoms with E-state index in [0.717, 1.165) is 38.3 Å². The largest absolute Gasteiger partial charge is 0.459 e. The predicted molar refractivity (Wildman–Crippen MR) is 82.6 cm³/mol. The van der Waals surface area contributed by atoms with Crippen molar-refractivity contribution in [2.45, 2.75) is 3.92 Å². The lowest BCUT2D eigenvalue weighted by Gasteiger charge is -2.24. The number of ether oxygens (including phenoxy) is 1. The van der Waals surface area contributed by atoms with Crippen molar-refractivity contribution in [3.8, 4) is 0 Å². The Labute approximate surface area is 127 Å². The molecule has 0 spiro atoms. The number of nitrogens with one attached hydrogen (secondary N) is 2. The Morgan fingerprint density at radius 3 is 2.68 bits per heavy atom. The first-order valence-electron chi connectivity index (χ1n) is 6.67. The van der Waals surface area contributed by atoms with Gasteiger partial charge in [0.1, 0.15) is 17.1 Å². The summed E-state index contributed by atoms with van der Waals surface area (Å²) in [6, 6.07) is 9.75. The predicted octanol–water partition coefficient (Wildman–Crippen LogP) is 0.194. The summed E-state index contributed by atoms with van der Waals surface area (Å²) in [5.41, 5.74) is 1.00. The number of benzene rings is 1. The van der Waals surface area contributed by atoms with Crippen LogP contribution >= 0.6 is 22.6 Å². The fraction of sp³-hybridized carbons (Fsp3) is 0.500. The minimum Gasteiger partial charge on any atom is -0.459 e. The van der Waals surface area contributed by atoms with Crippen molar-refractivity contribution in [1.29, 1.82) is 0 Å². The molecule has 1 aromatic rings. The Morgan fingerprint density at radius 2 is 2.00 bits per heavy atom. The van der Waals surface area contributed by atoms with Gasteiger partial charge in [0.25, 0.3) is 0 Å². The summed E-state index contributed by atoms with van der Waals surface area (Å²) in [5, 5.41) is 3.32. The van der Waals surface area contributed by atoms with Gasteiger partial charge in [-0.1, -0.05) is 52.9 Å². The van der Waals surface area contributed by atoms with Crippen molar-refractivity contribution < 1.29 is 14.4 Å². The third kappa shape index (κ3) is 4.74. The van der Waals surface area contributed by atoms with Crippen LogP contribution in [-0.2, 0) is 9.53 Å². The van der Waals surface area contributed by atoms with Crippen LogP contribution in [-0.4, -0.2) is 45.3 Å². The molecule has 1 unspecified atom stereocenters. The molecule has 1 aromatic carbocycles. The highest BCUT2D eigenvalue weighted by Gasteiger charge is 2.19. The van der Waals surface area contributed by atoms with Crippen LogP contribution in [0.25, 0.3) is 0 Å². The Bertz CT molecular complexity index is 394. The Morgan fingerprint density at radius 1 is 1.32 bits per heavy atom. The second kappa shape index (κ2) is 7.81. The number of esters is 1. The van der Waals surface area contributed by atoms with Crippen LogP contribution in [0.15, 0.2) is 30.3 Å². The van der Waals surface area contributed by atoms with E-state index < -0.39 is 0 Å². The number of halogens is 1. The zero-order valence-electron chi connectivity index (χ0n) is 10.9. The van der Waals surface area contributed by atoms with Gasteiger partial charge < -0.3 is 15.0 Å². The Kier molecular flexibility index (Phi) is 6.06. The van der Waals surface area contributed by atoms with Gasteiger partial charge in [-0.15, -0.1) is 0 Å². The van der Waals surface area contributed by atoms with Gasteiger partial charge in [-0.3, -0.25) is 4.79 Å². The Balaban J connectivity index is 1.72.